The lowest BCUT2D eigenvalue weighted by atomic mass is 10.0. The molecule has 6 nitrogen and oxygen atoms in total. The number of amides is 2. The zero-order chi connectivity index (χ0) is 19.5. The number of nitrogens with one attached hydrogen (secondary N) is 1. The van der Waals surface area contributed by atoms with Crippen LogP contribution in [-0.2, 0) is 20.7 Å². The van der Waals surface area contributed by atoms with Crippen molar-refractivity contribution in [1.82, 2.24) is 5.32 Å². The van der Waals surface area contributed by atoms with E-state index in [9.17, 15) is 14.4 Å². The van der Waals surface area contributed by atoms with Gasteiger partial charge in [0.15, 0.2) is 6.61 Å². The number of hydrogen-bond donors (Lipinski definition) is 1. The maximum atomic E-state index is 12.2. The predicted molar refractivity (Wildman–Crippen MR) is 105 cm³/mol. The van der Waals surface area contributed by atoms with Gasteiger partial charge in [0.25, 0.3) is 11.8 Å². The first-order valence-corrected chi connectivity index (χ1v) is 9.41. The van der Waals surface area contributed by atoms with Gasteiger partial charge in [-0.1, -0.05) is 36.4 Å². The summed E-state index contributed by atoms with van der Waals surface area (Å²) in [4.78, 5) is 36.2. The first kappa shape index (κ1) is 17.9. The van der Waals surface area contributed by atoms with Gasteiger partial charge in [-0.25, -0.2) is 0 Å². The molecule has 2 amide bonds. The average molecular weight is 393 g/mol. The van der Waals surface area contributed by atoms with Crippen LogP contribution in [0.1, 0.15) is 15.2 Å². The molecule has 0 spiro atoms. The van der Waals surface area contributed by atoms with Gasteiger partial charge in [0.1, 0.15) is 5.58 Å². The molecule has 4 aromatic rings. The highest BCUT2D eigenvalue weighted by Crippen LogP contribution is 2.30. The Bertz CT molecular complexity index is 1180. The first-order valence-electron chi connectivity index (χ1n) is 8.53. The van der Waals surface area contributed by atoms with Gasteiger partial charge < -0.3 is 9.15 Å². The molecule has 0 saturated carbocycles. The third-order valence-electron chi connectivity index (χ3n) is 4.24. The van der Waals surface area contributed by atoms with Crippen molar-refractivity contribution in [1.29, 1.82) is 0 Å². The Morgan fingerprint density at radius 1 is 1.04 bits per heavy atom. The van der Waals surface area contributed by atoms with Gasteiger partial charge in [-0.15, -0.1) is 11.3 Å². The number of furan rings is 1. The zero-order valence-corrected chi connectivity index (χ0v) is 15.5. The molecule has 4 rings (SSSR count). The van der Waals surface area contributed by atoms with Crippen LogP contribution in [0.25, 0.3) is 21.7 Å². The maximum Gasteiger partial charge on any atom is 0.310 e. The number of rotatable bonds is 5. The number of benzene rings is 2. The normalized spacial score (nSPS) is 10.9. The second-order valence-corrected chi connectivity index (χ2v) is 7.06. The van der Waals surface area contributed by atoms with E-state index in [0.717, 1.165) is 16.2 Å². The van der Waals surface area contributed by atoms with E-state index in [1.807, 2.05) is 36.4 Å². The number of hydrogen-bond acceptors (Lipinski definition) is 6. The highest BCUT2D eigenvalue weighted by molar-refractivity contribution is 7.12. The van der Waals surface area contributed by atoms with E-state index in [2.05, 4.69) is 5.32 Å². The highest BCUT2D eigenvalue weighted by atomic mass is 32.1. The van der Waals surface area contributed by atoms with Crippen LogP contribution in [-0.4, -0.2) is 24.4 Å². The molecule has 1 N–H and O–H groups in total. The van der Waals surface area contributed by atoms with E-state index in [1.165, 1.54) is 17.6 Å². The molecule has 28 heavy (non-hydrogen) atoms. The van der Waals surface area contributed by atoms with Gasteiger partial charge in [-0.3, -0.25) is 19.7 Å². The van der Waals surface area contributed by atoms with Crippen molar-refractivity contribution in [2.24, 2.45) is 0 Å². The van der Waals surface area contributed by atoms with Crippen LogP contribution in [0.2, 0.25) is 0 Å². The third kappa shape index (κ3) is 3.65. The van der Waals surface area contributed by atoms with Crippen LogP contribution < -0.4 is 5.32 Å². The Labute approximate surface area is 163 Å². The summed E-state index contributed by atoms with van der Waals surface area (Å²) in [6, 6.07) is 14.9. The smallest absolute Gasteiger partial charge is 0.310 e. The van der Waals surface area contributed by atoms with Crippen molar-refractivity contribution in [3.05, 3.63) is 70.6 Å². The second-order valence-electron chi connectivity index (χ2n) is 6.11. The molecule has 2 aromatic heterocycles. The van der Waals surface area contributed by atoms with E-state index in [0.29, 0.717) is 16.0 Å². The number of thiophene rings is 1. The van der Waals surface area contributed by atoms with Crippen molar-refractivity contribution in [3.8, 4) is 0 Å². The fourth-order valence-corrected chi connectivity index (χ4v) is 3.61. The Kier molecular flexibility index (Phi) is 4.90. The first-order chi connectivity index (χ1) is 13.6. The van der Waals surface area contributed by atoms with Crippen molar-refractivity contribution < 1.29 is 23.5 Å². The van der Waals surface area contributed by atoms with Crippen LogP contribution in [0.3, 0.4) is 0 Å². The molecule has 2 heterocycles. The van der Waals surface area contributed by atoms with Crippen LogP contribution >= 0.6 is 11.3 Å². The number of esters is 1. The summed E-state index contributed by atoms with van der Waals surface area (Å²) in [6.45, 7) is -0.521. The van der Waals surface area contributed by atoms with E-state index in [1.54, 1.807) is 17.5 Å². The van der Waals surface area contributed by atoms with Gasteiger partial charge in [0.2, 0.25) is 0 Å². The third-order valence-corrected chi connectivity index (χ3v) is 5.11. The SMILES string of the molecule is O=C(COC(=O)Cc1coc2ccc3ccccc3c12)NC(=O)c1cccs1. The lowest BCUT2D eigenvalue weighted by Crippen LogP contribution is -2.33. The average Bonchev–Trinajstić information content (AvgIpc) is 3.37. The molecular formula is C21H15NO5S. The molecular weight excluding hydrogens is 378 g/mol. The largest absolute Gasteiger partial charge is 0.464 e. The van der Waals surface area contributed by atoms with E-state index in [4.69, 9.17) is 9.15 Å². The molecule has 0 bridgehead atoms. The zero-order valence-electron chi connectivity index (χ0n) is 14.6. The van der Waals surface area contributed by atoms with Crippen LogP contribution in [0, 0.1) is 0 Å². The Morgan fingerprint density at radius 2 is 1.89 bits per heavy atom. The van der Waals surface area contributed by atoms with Crippen molar-refractivity contribution >= 4 is 50.9 Å². The molecule has 7 heteroatoms. The summed E-state index contributed by atoms with van der Waals surface area (Å²) in [6.07, 6.45) is 1.49. The summed E-state index contributed by atoms with van der Waals surface area (Å²) in [5.41, 5.74) is 1.37. The van der Waals surface area contributed by atoms with E-state index < -0.39 is 24.4 Å². The van der Waals surface area contributed by atoms with E-state index in [-0.39, 0.29) is 6.42 Å². The predicted octanol–water partition coefficient (Wildman–Crippen LogP) is 3.69. The Morgan fingerprint density at radius 3 is 2.71 bits per heavy atom. The topological polar surface area (TPSA) is 85.6 Å². The fourth-order valence-electron chi connectivity index (χ4n) is 2.99. The molecule has 0 aliphatic heterocycles. The Hall–Kier alpha value is -3.45. The molecule has 140 valence electrons. The van der Waals surface area contributed by atoms with Crippen LogP contribution in [0.15, 0.2) is 64.6 Å². The number of carbonyl (C=O) groups excluding carboxylic acids is 3. The molecule has 2 aromatic carbocycles. The van der Waals surface area contributed by atoms with E-state index >= 15 is 0 Å². The molecule has 0 unspecified atom stereocenters. The van der Waals surface area contributed by atoms with Crippen molar-refractivity contribution in [2.75, 3.05) is 6.61 Å². The molecule has 0 aliphatic rings. The number of imide groups is 1. The molecule has 0 saturated heterocycles. The maximum absolute atomic E-state index is 12.2. The van der Waals surface area contributed by atoms with Gasteiger partial charge in [0.05, 0.1) is 17.6 Å². The van der Waals surface area contributed by atoms with Gasteiger partial charge >= 0.3 is 5.97 Å². The number of ether oxygens (including phenoxy) is 1. The fraction of sp³-hybridized carbons (Fsp3) is 0.0952. The minimum absolute atomic E-state index is 0.0346. The molecule has 0 fully saturated rings. The summed E-state index contributed by atoms with van der Waals surface area (Å²) >= 11 is 1.22. The highest BCUT2D eigenvalue weighted by Gasteiger charge is 2.16. The van der Waals surface area contributed by atoms with Gasteiger partial charge in [0, 0.05) is 10.9 Å². The van der Waals surface area contributed by atoms with Crippen molar-refractivity contribution in [2.45, 2.75) is 6.42 Å². The molecule has 0 atom stereocenters. The number of fused-ring (bicyclic) bond motifs is 3. The summed E-state index contributed by atoms with van der Waals surface area (Å²) in [5, 5.41) is 6.80. The molecule has 0 radical (unpaired) electrons. The minimum atomic E-state index is -0.672. The van der Waals surface area contributed by atoms with Gasteiger partial charge in [-0.05, 0) is 28.3 Å². The van der Waals surface area contributed by atoms with Crippen LogP contribution in [0.5, 0.6) is 0 Å². The standard InChI is InChI=1S/C21H15NO5S/c23-18(22-21(25)17-6-3-9-28-17)12-27-19(24)10-14-11-26-16-8-7-13-4-1-2-5-15(13)20(14)16/h1-9,11H,10,12H2,(H,22,23,25). The lowest BCUT2D eigenvalue weighted by Gasteiger charge is -2.05. The summed E-state index contributed by atoms with van der Waals surface area (Å²) in [7, 11) is 0. The summed E-state index contributed by atoms with van der Waals surface area (Å²) in [5.74, 6) is -1.76. The summed E-state index contributed by atoms with van der Waals surface area (Å²) < 4.78 is 10.6. The molecule has 0 aliphatic carbocycles. The van der Waals surface area contributed by atoms with Crippen LogP contribution in [0.4, 0.5) is 0 Å². The minimum Gasteiger partial charge on any atom is -0.464 e. The monoisotopic (exact) mass is 393 g/mol. The van der Waals surface area contributed by atoms with Crippen molar-refractivity contribution in [3.63, 3.8) is 0 Å². The van der Waals surface area contributed by atoms with Gasteiger partial charge in [-0.2, -0.15) is 0 Å². The quantitative estimate of drug-likeness (QED) is 0.523. The second kappa shape index (κ2) is 7.66. The number of carbonyl (C=O) groups is 3. The Balaban J connectivity index is 1.41. The lowest BCUT2D eigenvalue weighted by molar-refractivity contribution is -0.147.